The molecule has 1 N–H and O–H groups in total. The van der Waals surface area contributed by atoms with E-state index in [1.54, 1.807) is 0 Å². The highest BCUT2D eigenvalue weighted by Gasteiger charge is 2.17. The van der Waals surface area contributed by atoms with E-state index in [2.05, 4.69) is 15.3 Å². The van der Waals surface area contributed by atoms with Crippen LogP contribution in [0.4, 0.5) is 0 Å². The summed E-state index contributed by atoms with van der Waals surface area (Å²) in [6, 6.07) is 7.77. The van der Waals surface area contributed by atoms with Crippen LogP contribution in [-0.2, 0) is 0 Å². The molecule has 1 fully saturated rings. The fourth-order valence-electron chi connectivity index (χ4n) is 2.45. The molecule has 2 aromatic rings. The summed E-state index contributed by atoms with van der Waals surface area (Å²) in [6.45, 7) is 2.12. The summed E-state index contributed by atoms with van der Waals surface area (Å²) in [5.74, 6) is 1.46. The Morgan fingerprint density at radius 2 is 1.79 bits per heavy atom. The molecule has 0 amide bonds. The maximum Gasteiger partial charge on any atom is 0.131 e. The second-order valence-electron chi connectivity index (χ2n) is 4.86. The minimum Gasteiger partial charge on any atom is -0.317 e. The number of nitrogens with one attached hydrogen (secondary N) is 1. The van der Waals surface area contributed by atoms with Crippen molar-refractivity contribution >= 4 is 11.6 Å². The van der Waals surface area contributed by atoms with E-state index in [1.165, 1.54) is 0 Å². The first kappa shape index (κ1) is 12.6. The van der Waals surface area contributed by atoms with E-state index in [4.69, 9.17) is 11.6 Å². The highest BCUT2D eigenvalue weighted by Crippen LogP contribution is 2.25. The van der Waals surface area contributed by atoms with E-state index >= 15 is 0 Å². The van der Waals surface area contributed by atoms with Crippen molar-refractivity contribution in [2.24, 2.45) is 0 Å². The lowest BCUT2D eigenvalue weighted by Crippen LogP contribution is -2.27. The van der Waals surface area contributed by atoms with Crippen molar-refractivity contribution in [1.82, 2.24) is 15.3 Å². The molecule has 19 heavy (non-hydrogen) atoms. The molecule has 0 spiro atoms. The predicted molar refractivity (Wildman–Crippen MR) is 77.3 cm³/mol. The summed E-state index contributed by atoms with van der Waals surface area (Å²) in [5, 5.41) is 4.09. The van der Waals surface area contributed by atoms with Crippen LogP contribution in [0.15, 0.2) is 36.7 Å². The van der Waals surface area contributed by atoms with E-state index in [1.807, 2.05) is 36.7 Å². The molecule has 4 heteroatoms. The number of halogens is 1. The first-order valence-corrected chi connectivity index (χ1v) is 6.99. The Hall–Kier alpha value is -1.45. The normalized spacial score (nSPS) is 16.5. The maximum atomic E-state index is 6.00. The molecule has 3 nitrogen and oxygen atoms in total. The van der Waals surface area contributed by atoms with E-state index < -0.39 is 0 Å². The zero-order chi connectivity index (χ0) is 13.1. The molecule has 0 atom stereocenters. The number of hydrogen-bond acceptors (Lipinski definition) is 3. The molecule has 0 aliphatic carbocycles. The summed E-state index contributed by atoms with van der Waals surface area (Å²) in [5.41, 5.74) is 2.07. The molecule has 0 radical (unpaired) electrons. The smallest absolute Gasteiger partial charge is 0.131 e. The first-order valence-electron chi connectivity index (χ1n) is 6.61. The Balaban J connectivity index is 1.82. The van der Waals surface area contributed by atoms with Gasteiger partial charge in [0, 0.05) is 28.9 Å². The number of nitrogens with zero attached hydrogens (tertiary/aromatic N) is 2. The van der Waals surface area contributed by atoms with E-state index in [0.29, 0.717) is 5.92 Å². The third kappa shape index (κ3) is 2.94. The summed E-state index contributed by atoms with van der Waals surface area (Å²) >= 11 is 6.00. The van der Waals surface area contributed by atoms with Crippen LogP contribution in [-0.4, -0.2) is 23.1 Å². The average molecular weight is 274 g/mol. The lowest BCUT2D eigenvalue weighted by atomic mass is 9.97. The molecule has 1 aliphatic rings. The van der Waals surface area contributed by atoms with Crippen LogP contribution in [0, 0.1) is 0 Å². The van der Waals surface area contributed by atoms with Gasteiger partial charge < -0.3 is 5.32 Å². The zero-order valence-electron chi connectivity index (χ0n) is 10.6. The Morgan fingerprint density at radius 3 is 2.47 bits per heavy atom. The molecular formula is C15H16ClN3. The number of aromatic nitrogens is 2. The van der Waals surface area contributed by atoms with E-state index in [9.17, 15) is 0 Å². The van der Waals surface area contributed by atoms with Gasteiger partial charge in [0.25, 0.3) is 0 Å². The molecule has 3 rings (SSSR count). The number of benzene rings is 1. The van der Waals surface area contributed by atoms with Crippen molar-refractivity contribution < 1.29 is 0 Å². The first-order chi connectivity index (χ1) is 9.33. The van der Waals surface area contributed by atoms with Crippen LogP contribution < -0.4 is 5.32 Å². The number of piperidine rings is 1. The Kier molecular flexibility index (Phi) is 3.76. The van der Waals surface area contributed by atoms with Crippen LogP contribution >= 0.6 is 11.6 Å². The van der Waals surface area contributed by atoms with Gasteiger partial charge in [-0.05, 0) is 43.6 Å². The Labute approximate surface area is 118 Å². The minimum absolute atomic E-state index is 0.495. The van der Waals surface area contributed by atoms with Gasteiger partial charge in [0.05, 0.1) is 0 Å². The van der Waals surface area contributed by atoms with Gasteiger partial charge in [-0.1, -0.05) is 23.7 Å². The molecule has 1 saturated heterocycles. The molecule has 0 bridgehead atoms. The second kappa shape index (κ2) is 5.68. The van der Waals surface area contributed by atoms with Gasteiger partial charge in [-0.3, -0.25) is 0 Å². The summed E-state index contributed by atoms with van der Waals surface area (Å²) < 4.78 is 0. The predicted octanol–water partition coefficient (Wildman–Crippen LogP) is 3.26. The minimum atomic E-state index is 0.495. The van der Waals surface area contributed by atoms with Crippen LogP contribution in [0.2, 0.25) is 5.02 Å². The van der Waals surface area contributed by atoms with Gasteiger partial charge in [0.2, 0.25) is 0 Å². The van der Waals surface area contributed by atoms with Crippen molar-refractivity contribution in [3.63, 3.8) is 0 Å². The van der Waals surface area contributed by atoms with Gasteiger partial charge in [-0.2, -0.15) is 0 Å². The summed E-state index contributed by atoms with van der Waals surface area (Å²) in [4.78, 5) is 9.05. The molecule has 0 saturated carbocycles. The van der Waals surface area contributed by atoms with Crippen molar-refractivity contribution in [2.45, 2.75) is 18.8 Å². The van der Waals surface area contributed by atoms with E-state index in [0.717, 1.165) is 47.9 Å². The van der Waals surface area contributed by atoms with Crippen LogP contribution in [0.5, 0.6) is 0 Å². The molecule has 2 heterocycles. The van der Waals surface area contributed by atoms with Crippen molar-refractivity contribution in [2.75, 3.05) is 13.1 Å². The Morgan fingerprint density at radius 1 is 1.05 bits per heavy atom. The van der Waals surface area contributed by atoms with Crippen molar-refractivity contribution in [1.29, 1.82) is 0 Å². The molecule has 0 unspecified atom stereocenters. The quantitative estimate of drug-likeness (QED) is 0.913. The molecule has 1 aromatic heterocycles. The lowest BCUT2D eigenvalue weighted by molar-refractivity contribution is 0.445. The Bertz CT molecular complexity index is 548. The molecule has 1 aromatic carbocycles. The van der Waals surface area contributed by atoms with Crippen LogP contribution in [0.25, 0.3) is 11.1 Å². The zero-order valence-corrected chi connectivity index (χ0v) is 11.4. The monoisotopic (exact) mass is 273 g/mol. The summed E-state index contributed by atoms with van der Waals surface area (Å²) in [7, 11) is 0. The van der Waals surface area contributed by atoms with Crippen LogP contribution in [0.3, 0.4) is 0 Å². The topological polar surface area (TPSA) is 37.8 Å². The molecule has 1 aliphatic heterocycles. The largest absolute Gasteiger partial charge is 0.317 e. The summed E-state index contributed by atoms with van der Waals surface area (Å²) in [6.07, 6.45) is 6.04. The third-order valence-corrected chi connectivity index (χ3v) is 3.77. The third-order valence-electron chi connectivity index (χ3n) is 3.53. The van der Waals surface area contributed by atoms with Gasteiger partial charge >= 0.3 is 0 Å². The standard InChI is InChI=1S/C15H16ClN3/c16-14-3-1-2-12(8-14)13-9-18-15(19-10-13)11-4-6-17-7-5-11/h1-3,8-11,17H,4-7H2. The van der Waals surface area contributed by atoms with Gasteiger partial charge in [0.15, 0.2) is 0 Å². The fourth-order valence-corrected chi connectivity index (χ4v) is 2.64. The maximum absolute atomic E-state index is 6.00. The van der Waals surface area contributed by atoms with E-state index in [-0.39, 0.29) is 0 Å². The lowest BCUT2D eigenvalue weighted by Gasteiger charge is -2.21. The van der Waals surface area contributed by atoms with Gasteiger partial charge in [0.1, 0.15) is 5.82 Å². The SMILES string of the molecule is Clc1cccc(-c2cnc(C3CCNCC3)nc2)c1. The van der Waals surface area contributed by atoms with Gasteiger partial charge in [-0.25, -0.2) is 9.97 Å². The second-order valence-corrected chi connectivity index (χ2v) is 5.30. The van der Waals surface area contributed by atoms with Crippen molar-refractivity contribution in [3.8, 4) is 11.1 Å². The van der Waals surface area contributed by atoms with Gasteiger partial charge in [-0.15, -0.1) is 0 Å². The highest BCUT2D eigenvalue weighted by atomic mass is 35.5. The van der Waals surface area contributed by atoms with Crippen molar-refractivity contribution in [3.05, 3.63) is 47.5 Å². The average Bonchev–Trinajstić information content (AvgIpc) is 2.48. The highest BCUT2D eigenvalue weighted by molar-refractivity contribution is 6.30. The molecule has 98 valence electrons. The number of rotatable bonds is 2. The fraction of sp³-hybridized carbons (Fsp3) is 0.333. The molecular weight excluding hydrogens is 258 g/mol. The number of hydrogen-bond donors (Lipinski definition) is 1. The van der Waals surface area contributed by atoms with Crippen LogP contribution in [0.1, 0.15) is 24.6 Å².